The fraction of sp³-hybridized carbons (Fsp3) is 0.0769. The Morgan fingerprint density at radius 2 is 1.89 bits per heavy atom. The maximum atomic E-state index is 12.7. The van der Waals surface area contributed by atoms with Crippen LogP contribution < -0.4 is 10.0 Å². The number of carbonyl (C=O) groups excluding carboxylic acids is 1. The summed E-state index contributed by atoms with van der Waals surface area (Å²) in [6.45, 7) is 1.71. The number of aryl methyl sites for hydroxylation is 1. The van der Waals surface area contributed by atoms with Gasteiger partial charge in [-0.15, -0.1) is 0 Å². The highest BCUT2D eigenvalue weighted by atomic mass is 19.1. The van der Waals surface area contributed by atoms with Crippen LogP contribution in [0.1, 0.15) is 16.1 Å². The molecule has 2 N–H and O–H groups in total. The van der Waals surface area contributed by atoms with E-state index in [0.29, 0.717) is 16.9 Å². The minimum Gasteiger partial charge on any atom is -0.322 e. The molecule has 0 atom stereocenters. The summed E-state index contributed by atoms with van der Waals surface area (Å²) in [6, 6.07) is 8.68. The van der Waals surface area contributed by atoms with E-state index in [4.69, 9.17) is 0 Å². The number of hydrogen-bond acceptors (Lipinski definition) is 2. The minimum absolute atomic E-state index is 0.312. The van der Waals surface area contributed by atoms with E-state index in [1.165, 1.54) is 30.5 Å². The third-order valence-corrected chi connectivity index (χ3v) is 2.49. The number of pyridine rings is 1. The van der Waals surface area contributed by atoms with Crippen molar-refractivity contribution >= 4 is 11.6 Å². The quantitative estimate of drug-likeness (QED) is 0.629. The summed E-state index contributed by atoms with van der Waals surface area (Å²) in [5, 5.41) is 12.0. The molecule has 0 fully saturated rings. The number of carbonyl (C=O) groups is 1. The van der Waals surface area contributed by atoms with Crippen LogP contribution in [-0.2, 0) is 0 Å². The molecule has 0 radical (unpaired) electrons. The van der Waals surface area contributed by atoms with Crippen LogP contribution in [0.5, 0.6) is 0 Å². The molecule has 18 heavy (non-hydrogen) atoms. The molecule has 0 unspecified atom stereocenters. The number of halogens is 1. The number of amides is 1. The molecule has 1 aromatic carbocycles. The van der Waals surface area contributed by atoms with Gasteiger partial charge in [-0.3, -0.25) is 10.0 Å². The first-order chi connectivity index (χ1) is 8.56. The molecule has 0 saturated carbocycles. The number of nitrogens with one attached hydrogen (secondary N) is 1. The maximum absolute atomic E-state index is 12.7. The predicted molar refractivity (Wildman–Crippen MR) is 62.9 cm³/mol. The van der Waals surface area contributed by atoms with E-state index < -0.39 is 0 Å². The Hall–Kier alpha value is -2.43. The molecule has 0 aliphatic carbocycles. The van der Waals surface area contributed by atoms with Gasteiger partial charge in [-0.25, -0.2) is 4.39 Å². The van der Waals surface area contributed by atoms with Crippen molar-refractivity contribution in [3.63, 3.8) is 0 Å². The lowest BCUT2D eigenvalue weighted by atomic mass is 10.2. The first kappa shape index (κ1) is 12.0. The zero-order valence-electron chi connectivity index (χ0n) is 9.72. The van der Waals surface area contributed by atoms with Crippen LogP contribution in [0, 0.1) is 12.7 Å². The minimum atomic E-state index is -0.371. The van der Waals surface area contributed by atoms with Gasteiger partial charge >= 0.3 is 0 Å². The predicted octanol–water partition coefficient (Wildman–Crippen LogP) is 1.91. The largest absolute Gasteiger partial charge is 0.322 e. The average Bonchev–Trinajstić information content (AvgIpc) is 2.35. The summed E-state index contributed by atoms with van der Waals surface area (Å²) in [4.78, 5) is 11.8. The van der Waals surface area contributed by atoms with Crippen LogP contribution >= 0.6 is 0 Å². The summed E-state index contributed by atoms with van der Waals surface area (Å²) in [6.07, 6.45) is 1.31. The van der Waals surface area contributed by atoms with Gasteiger partial charge < -0.3 is 5.32 Å². The smallest absolute Gasteiger partial charge is 0.261 e. The molecule has 4 nitrogen and oxygen atoms in total. The molecule has 0 saturated heterocycles. The maximum Gasteiger partial charge on any atom is 0.261 e. The lowest BCUT2D eigenvalue weighted by Crippen LogP contribution is -2.34. The number of rotatable bonds is 2. The molecule has 2 aromatic rings. The third-order valence-electron chi connectivity index (χ3n) is 2.49. The van der Waals surface area contributed by atoms with Crippen molar-refractivity contribution in [3.8, 4) is 0 Å². The van der Waals surface area contributed by atoms with Crippen molar-refractivity contribution in [1.82, 2.24) is 0 Å². The van der Waals surface area contributed by atoms with Gasteiger partial charge in [0.25, 0.3) is 5.91 Å². The van der Waals surface area contributed by atoms with Crippen LogP contribution in [0.3, 0.4) is 0 Å². The molecule has 92 valence electrons. The summed E-state index contributed by atoms with van der Waals surface area (Å²) in [7, 11) is 0. The molecular weight excluding hydrogens is 235 g/mol. The van der Waals surface area contributed by atoms with Gasteiger partial charge in [-0.1, -0.05) is 0 Å². The van der Waals surface area contributed by atoms with Gasteiger partial charge in [0.05, 0.1) is 0 Å². The molecular formula is C13H12FN2O2+. The van der Waals surface area contributed by atoms with Crippen molar-refractivity contribution in [2.24, 2.45) is 0 Å². The summed E-state index contributed by atoms with van der Waals surface area (Å²) in [5.74, 6) is -0.735. The number of nitrogens with zero attached hydrogens (tertiary/aromatic N) is 1. The number of anilines is 1. The monoisotopic (exact) mass is 247 g/mol. The Kier molecular flexibility index (Phi) is 3.23. The Morgan fingerprint density at radius 1 is 1.22 bits per heavy atom. The van der Waals surface area contributed by atoms with Crippen LogP contribution in [0.4, 0.5) is 10.1 Å². The summed E-state index contributed by atoms with van der Waals surface area (Å²) >= 11 is 0. The van der Waals surface area contributed by atoms with Crippen molar-refractivity contribution in [3.05, 3.63) is 59.7 Å². The van der Waals surface area contributed by atoms with Gasteiger partial charge in [0, 0.05) is 23.4 Å². The standard InChI is InChI=1S/C13H11FN2O2/c1-9-2-3-10(8-16(9)18)13(17)15-12-6-4-11(14)5-7-12/h2-8H,1H3,(H-,15,17,18)/p+1. The zero-order valence-corrected chi connectivity index (χ0v) is 9.72. The Bertz CT molecular complexity index is 582. The lowest BCUT2D eigenvalue weighted by molar-refractivity contribution is -0.908. The Morgan fingerprint density at radius 3 is 2.50 bits per heavy atom. The van der Waals surface area contributed by atoms with E-state index in [2.05, 4.69) is 5.32 Å². The first-order valence-corrected chi connectivity index (χ1v) is 5.35. The molecule has 0 aliphatic heterocycles. The van der Waals surface area contributed by atoms with E-state index in [1.807, 2.05) is 0 Å². The molecule has 0 aliphatic rings. The second-order valence-corrected chi connectivity index (χ2v) is 3.86. The molecule has 1 amide bonds. The SMILES string of the molecule is Cc1ccc(C(=O)Nc2ccc(F)cc2)c[n+]1O. The van der Waals surface area contributed by atoms with Crippen molar-refractivity contribution in [1.29, 1.82) is 0 Å². The highest BCUT2D eigenvalue weighted by Crippen LogP contribution is 2.10. The fourth-order valence-electron chi connectivity index (χ4n) is 1.43. The molecule has 1 heterocycles. The van der Waals surface area contributed by atoms with Crippen LogP contribution in [-0.4, -0.2) is 11.1 Å². The zero-order chi connectivity index (χ0) is 13.1. The highest BCUT2D eigenvalue weighted by Gasteiger charge is 2.13. The van der Waals surface area contributed by atoms with Gasteiger partial charge in [0.15, 0.2) is 0 Å². The normalized spacial score (nSPS) is 10.1. The molecule has 0 spiro atoms. The van der Waals surface area contributed by atoms with E-state index in [1.54, 1.807) is 19.1 Å². The fourth-order valence-corrected chi connectivity index (χ4v) is 1.43. The van der Waals surface area contributed by atoms with Crippen LogP contribution in [0.25, 0.3) is 0 Å². The number of hydrogen-bond donors (Lipinski definition) is 2. The molecule has 5 heteroatoms. The Labute approximate surface area is 103 Å². The van der Waals surface area contributed by atoms with Crippen LogP contribution in [0.2, 0.25) is 0 Å². The van der Waals surface area contributed by atoms with Crippen LogP contribution in [0.15, 0.2) is 42.6 Å². The molecule has 2 rings (SSSR count). The van der Waals surface area contributed by atoms with Gasteiger partial charge in [0.2, 0.25) is 11.9 Å². The van der Waals surface area contributed by atoms with E-state index >= 15 is 0 Å². The van der Waals surface area contributed by atoms with Gasteiger partial charge in [-0.05, 0) is 30.3 Å². The van der Waals surface area contributed by atoms with Crippen molar-refractivity contribution < 1.29 is 19.1 Å². The summed E-state index contributed by atoms with van der Waals surface area (Å²) < 4.78 is 13.6. The molecule has 0 bridgehead atoms. The van der Waals surface area contributed by atoms with Crippen molar-refractivity contribution in [2.45, 2.75) is 6.92 Å². The number of benzene rings is 1. The second-order valence-electron chi connectivity index (χ2n) is 3.86. The average molecular weight is 247 g/mol. The number of aromatic nitrogens is 1. The topological polar surface area (TPSA) is 53.2 Å². The van der Waals surface area contributed by atoms with E-state index in [0.717, 1.165) is 4.73 Å². The third kappa shape index (κ3) is 2.63. The van der Waals surface area contributed by atoms with E-state index in [-0.39, 0.29) is 11.7 Å². The highest BCUT2D eigenvalue weighted by molar-refractivity contribution is 6.03. The second kappa shape index (κ2) is 4.83. The van der Waals surface area contributed by atoms with E-state index in [9.17, 15) is 14.4 Å². The lowest BCUT2D eigenvalue weighted by Gasteiger charge is -2.03. The summed E-state index contributed by atoms with van der Waals surface area (Å²) in [5.41, 5.74) is 1.42. The first-order valence-electron chi connectivity index (χ1n) is 5.35. The van der Waals surface area contributed by atoms with Gasteiger partial charge in [0.1, 0.15) is 11.4 Å². The van der Waals surface area contributed by atoms with Crippen molar-refractivity contribution in [2.75, 3.05) is 5.32 Å². The Balaban J connectivity index is 2.16. The molecule has 1 aromatic heterocycles. The van der Waals surface area contributed by atoms with Gasteiger partial charge in [-0.2, -0.15) is 0 Å².